The summed E-state index contributed by atoms with van der Waals surface area (Å²) in [5.74, 6) is 1.94. The van der Waals surface area contributed by atoms with Crippen molar-refractivity contribution in [1.82, 2.24) is 4.98 Å². The fourth-order valence-electron chi connectivity index (χ4n) is 3.45. The Labute approximate surface area is 186 Å². The molecule has 0 fully saturated rings. The van der Waals surface area contributed by atoms with Crippen molar-refractivity contribution in [2.24, 2.45) is 0 Å². The van der Waals surface area contributed by atoms with E-state index in [4.69, 9.17) is 13.9 Å². The maximum Gasteiger partial charge on any atom is 0.256 e. The maximum atomic E-state index is 13.1. The molecule has 0 aliphatic rings. The number of aryl methyl sites for hydroxylation is 2. The monoisotopic (exact) mass is 428 g/mol. The lowest BCUT2D eigenvalue weighted by molar-refractivity contribution is 0.102. The summed E-state index contributed by atoms with van der Waals surface area (Å²) in [7, 11) is 3.18. The summed E-state index contributed by atoms with van der Waals surface area (Å²) in [6.45, 7) is 3.95. The van der Waals surface area contributed by atoms with Crippen LogP contribution in [-0.4, -0.2) is 25.1 Å². The molecule has 0 unspecified atom stereocenters. The van der Waals surface area contributed by atoms with E-state index in [1.165, 1.54) is 0 Å². The number of hydrogen-bond acceptors (Lipinski definition) is 5. The molecule has 6 heteroatoms. The first-order valence-electron chi connectivity index (χ1n) is 10.2. The molecule has 0 saturated carbocycles. The molecule has 4 rings (SSSR count). The van der Waals surface area contributed by atoms with Gasteiger partial charge in [-0.1, -0.05) is 24.3 Å². The summed E-state index contributed by atoms with van der Waals surface area (Å²) in [5.41, 5.74) is 4.67. The van der Waals surface area contributed by atoms with Gasteiger partial charge in [0, 0.05) is 17.3 Å². The highest BCUT2D eigenvalue weighted by molar-refractivity contribution is 6.08. The first-order valence-corrected chi connectivity index (χ1v) is 10.2. The Kier molecular flexibility index (Phi) is 5.94. The number of aromatic nitrogens is 1. The van der Waals surface area contributed by atoms with Crippen LogP contribution in [0.5, 0.6) is 11.5 Å². The Balaban J connectivity index is 1.68. The first kappa shape index (κ1) is 21.2. The summed E-state index contributed by atoms with van der Waals surface area (Å²) in [5, 5.41) is 3.00. The zero-order valence-corrected chi connectivity index (χ0v) is 18.4. The van der Waals surface area contributed by atoms with Gasteiger partial charge in [0.15, 0.2) is 5.76 Å². The van der Waals surface area contributed by atoms with Gasteiger partial charge in [-0.3, -0.25) is 4.79 Å². The fraction of sp³-hybridized carbons (Fsp3) is 0.154. The molecule has 1 heterocycles. The number of methoxy groups -OCH3 is 2. The van der Waals surface area contributed by atoms with E-state index < -0.39 is 0 Å². The molecule has 0 bridgehead atoms. The van der Waals surface area contributed by atoms with Crippen LogP contribution in [0.3, 0.4) is 0 Å². The zero-order chi connectivity index (χ0) is 22.7. The predicted octanol–water partition coefficient (Wildman–Crippen LogP) is 5.89. The quantitative estimate of drug-likeness (QED) is 0.414. The standard InChI is InChI=1S/C26H24N2O4/c1-16-9-10-17(2)22(13-16)28-25(29)19-7-5-6-8-20(19)26-27-15-24(32-26)21-12-11-18(30-3)14-23(21)31-4/h5-15H,1-4H3,(H,28,29). The molecule has 162 valence electrons. The molecule has 0 atom stereocenters. The molecule has 1 N–H and O–H groups in total. The number of benzene rings is 3. The van der Waals surface area contributed by atoms with E-state index in [0.717, 1.165) is 22.4 Å². The van der Waals surface area contributed by atoms with Gasteiger partial charge in [0.25, 0.3) is 5.91 Å². The smallest absolute Gasteiger partial charge is 0.256 e. The highest BCUT2D eigenvalue weighted by Crippen LogP contribution is 2.36. The van der Waals surface area contributed by atoms with E-state index in [0.29, 0.717) is 34.3 Å². The maximum absolute atomic E-state index is 13.1. The molecule has 1 amide bonds. The van der Waals surface area contributed by atoms with Crippen LogP contribution >= 0.6 is 0 Å². The normalized spacial score (nSPS) is 10.6. The van der Waals surface area contributed by atoms with Gasteiger partial charge in [0.05, 0.1) is 31.5 Å². The van der Waals surface area contributed by atoms with Crippen LogP contribution in [0, 0.1) is 13.8 Å². The fourth-order valence-corrected chi connectivity index (χ4v) is 3.45. The highest BCUT2D eigenvalue weighted by Gasteiger charge is 2.19. The van der Waals surface area contributed by atoms with Gasteiger partial charge in [0.1, 0.15) is 11.5 Å². The third-order valence-corrected chi connectivity index (χ3v) is 5.22. The summed E-state index contributed by atoms with van der Waals surface area (Å²) in [4.78, 5) is 17.5. The lowest BCUT2D eigenvalue weighted by Gasteiger charge is -2.11. The zero-order valence-electron chi connectivity index (χ0n) is 18.4. The number of amides is 1. The Morgan fingerprint density at radius 3 is 2.53 bits per heavy atom. The van der Waals surface area contributed by atoms with Gasteiger partial charge in [-0.05, 0) is 55.3 Å². The number of ether oxygens (including phenoxy) is 2. The lowest BCUT2D eigenvalue weighted by Crippen LogP contribution is -2.14. The van der Waals surface area contributed by atoms with E-state index in [1.54, 1.807) is 32.5 Å². The SMILES string of the molecule is COc1ccc(-c2cnc(-c3ccccc3C(=O)Nc3cc(C)ccc3C)o2)c(OC)c1. The van der Waals surface area contributed by atoms with E-state index in [1.807, 2.05) is 62.4 Å². The summed E-state index contributed by atoms with van der Waals surface area (Å²) in [6.07, 6.45) is 1.62. The second-order valence-electron chi connectivity index (χ2n) is 7.41. The van der Waals surface area contributed by atoms with Crippen LogP contribution < -0.4 is 14.8 Å². The predicted molar refractivity (Wildman–Crippen MR) is 124 cm³/mol. The van der Waals surface area contributed by atoms with Gasteiger partial charge in [0.2, 0.25) is 5.89 Å². The van der Waals surface area contributed by atoms with E-state index in [2.05, 4.69) is 10.3 Å². The van der Waals surface area contributed by atoms with Gasteiger partial charge in [-0.25, -0.2) is 4.98 Å². The molecule has 0 aliphatic heterocycles. The number of hydrogen-bond donors (Lipinski definition) is 1. The number of nitrogens with zero attached hydrogens (tertiary/aromatic N) is 1. The average Bonchev–Trinajstić information content (AvgIpc) is 3.31. The Bertz CT molecular complexity index is 1280. The highest BCUT2D eigenvalue weighted by atomic mass is 16.5. The Morgan fingerprint density at radius 2 is 1.75 bits per heavy atom. The van der Waals surface area contributed by atoms with E-state index >= 15 is 0 Å². The van der Waals surface area contributed by atoms with Crippen LogP contribution in [0.2, 0.25) is 0 Å². The lowest BCUT2D eigenvalue weighted by atomic mass is 10.1. The molecule has 0 spiro atoms. The van der Waals surface area contributed by atoms with Crippen molar-refractivity contribution in [1.29, 1.82) is 0 Å². The first-order chi connectivity index (χ1) is 15.5. The van der Waals surface area contributed by atoms with Crippen LogP contribution in [-0.2, 0) is 0 Å². The van der Waals surface area contributed by atoms with Crippen molar-refractivity contribution >= 4 is 11.6 Å². The molecule has 3 aromatic carbocycles. The van der Waals surface area contributed by atoms with Gasteiger partial charge < -0.3 is 19.2 Å². The van der Waals surface area contributed by atoms with Crippen LogP contribution in [0.25, 0.3) is 22.8 Å². The number of carbonyl (C=O) groups excluding carboxylic acids is 1. The largest absolute Gasteiger partial charge is 0.497 e. The molecule has 4 aromatic rings. The summed E-state index contributed by atoms with van der Waals surface area (Å²) >= 11 is 0. The molecule has 6 nitrogen and oxygen atoms in total. The minimum atomic E-state index is -0.226. The molecular weight excluding hydrogens is 404 g/mol. The molecule has 0 radical (unpaired) electrons. The van der Waals surface area contributed by atoms with Gasteiger partial charge in [-0.2, -0.15) is 0 Å². The van der Waals surface area contributed by atoms with Gasteiger partial charge >= 0.3 is 0 Å². The van der Waals surface area contributed by atoms with Crippen molar-refractivity contribution in [3.63, 3.8) is 0 Å². The van der Waals surface area contributed by atoms with Crippen molar-refractivity contribution in [3.8, 4) is 34.3 Å². The van der Waals surface area contributed by atoms with Crippen LogP contribution in [0.15, 0.2) is 71.3 Å². The van der Waals surface area contributed by atoms with Crippen molar-refractivity contribution in [3.05, 3.63) is 83.6 Å². The molecule has 0 saturated heterocycles. The van der Waals surface area contributed by atoms with E-state index in [9.17, 15) is 4.79 Å². The molecule has 1 aromatic heterocycles. The van der Waals surface area contributed by atoms with Gasteiger partial charge in [-0.15, -0.1) is 0 Å². The second kappa shape index (κ2) is 8.98. The molecular formula is C26H24N2O4. The van der Waals surface area contributed by atoms with Crippen molar-refractivity contribution < 1.29 is 18.7 Å². The second-order valence-corrected chi connectivity index (χ2v) is 7.41. The van der Waals surface area contributed by atoms with E-state index in [-0.39, 0.29) is 5.91 Å². The average molecular weight is 428 g/mol. The third-order valence-electron chi connectivity index (χ3n) is 5.22. The van der Waals surface area contributed by atoms with Crippen molar-refractivity contribution in [2.45, 2.75) is 13.8 Å². The number of oxazole rings is 1. The third kappa shape index (κ3) is 4.21. The summed E-state index contributed by atoms with van der Waals surface area (Å²) in [6, 6.07) is 18.7. The number of rotatable bonds is 6. The molecule has 0 aliphatic carbocycles. The Morgan fingerprint density at radius 1 is 0.938 bits per heavy atom. The minimum Gasteiger partial charge on any atom is -0.497 e. The molecule has 32 heavy (non-hydrogen) atoms. The Hall–Kier alpha value is -4.06. The van der Waals surface area contributed by atoms with Crippen LogP contribution in [0.4, 0.5) is 5.69 Å². The summed E-state index contributed by atoms with van der Waals surface area (Å²) < 4.78 is 16.8. The number of nitrogens with one attached hydrogen (secondary N) is 1. The number of carbonyl (C=O) groups is 1. The van der Waals surface area contributed by atoms with Crippen LogP contribution in [0.1, 0.15) is 21.5 Å². The number of anilines is 1. The van der Waals surface area contributed by atoms with Crippen molar-refractivity contribution in [2.75, 3.05) is 19.5 Å². The topological polar surface area (TPSA) is 73.6 Å². The minimum absolute atomic E-state index is 0.226.